The van der Waals surface area contributed by atoms with Crippen molar-refractivity contribution in [1.82, 2.24) is 4.98 Å². The lowest BCUT2D eigenvalue weighted by molar-refractivity contribution is -0.152. The largest absolute Gasteiger partial charge is 0.451 e. The number of hydrogen-bond donors (Lipinski definition) is 1. The van der Waals surface area contributed by atoms with E-state index in [1.165, 1.54) is 42.7 Å². The molecule has 0 bridgehead atoms. The van der Waals surface area contributed by atoms with Crippen LogP contribution in [0.4, 0.5) is 18.9 Å². The monoisotopic (exact) mass is 334 g/mol. The van der Waals surface area contributed by atoms with Gasteiger partial charge in [-0.25, -0.2) is 0 Å². The van der Waals surface area contributed by atoms with Crippen LogP contribution in [0.3, 0.4) is 0 Å². The number of nitrogens with one attached hydrogen (secondary N) is 1. The van der Waals surface area contributed by atoms with Gasteiger partial charge in [0.2, 0.25) is 5.76 Å². The van der Waals surface area contributed by atoms with Crippen LogP contribution >= 0.6 is 0 Å². The van der Waals surface area contributed by atoms with Crippen LogP contribution in [0.15, 0.2) is 58.0 Å². The predicted octanol–water partition coefficient (Wildman–Crippen LogP) is 3.46. The first kappa shape index (κ1) is 15.7. The van der Waals surface area contributed by atoms with E-state index in [4.69, 9.17) is 4.42 Å². The van der Waals surface area contributed by atoms with Crippen molar-refractivity contribution in [2.24, 2.45) is 0 Å². The first-order chi connectivity index (χ1) is 11.3. The fraction of sp³-hybridized carbons (Fsp3) is 0.0625. The molecule has 0 saturated heterocycles. The summed E-state index contributed by atoms with van der Waals surface area (Å²) in [5.41, 5.74) is -0.443. The Kier molecular flexibility index (Phi) is 3.80. The molecule has 0 aliphatic rings. The van der Waals surface area contributed by atoms with E-state index in [0.29, 0.717) is 11.6 Å². The summed E-state index contributed by atoms with van der Waals surface area (Å²) in [6.45, 7) is 0. The minimum absolute atomic E-state index is 0.0597. The van der Waals surface area contributed by atoms with Crippen molar-refractivity contribution in [1.29, 1.82) is 0 Å². The van der Waals surface area contributed by atoms with Crippen molar-refractivity contribution in [2.45, 2.75) is 6.18 Å². The number of nitrogens with zero attached hydrogens (tertiary/aromatic N) is 1. The molecule has 0 atom stereocenters. The Balaban J connectivity index is 1.96. The van der Waals surface area contributed by atoms with Gasteiger partial charge in [0.25, 0.3) is 5.91 Å². The van der Waals surface area contributed by atoms with Gasteiger partial charge in [0.15, 0.2) is 5.43 Å². The number of hydrogen-bond acceptors (Lipinski definition) is 4. The molecule has 0 fully saturated rings. The average molecular weight is 334 g/mol. The first-order valence-corrected chi connectivity index (χ1v) is 6.71. The van der Waals surface area contributed by atoms with Crippen LogP contribution in [0.25, 0.3) is 11.0 Å². The lowest BCUT2D eigenvalue weighted by Crippen LogP contribution is -2.13. The maximum Gasteiger partial charge on any atom is 0.449 e. The van der Waals surface area contributed by atoms with E-state index in [9.17, 15) is 22.8 Å². The highest BCUT2D eigenvalue weighted by Crippen LogP contribution is 2.30. The quantitative estimate of drug-likeness (QED) is 0.779. The number of pyridine rings is 1. The summed E-state index contributed by atoms with van der Waals surface area (Å²) in [6, 6.07) is 7.20. The number of benzene rings is 1. The van der Waals surface area contributed by atoms with Crippen LogP contribution in [0.5, 0.6) is 0 Å². The zero-order chi connectivity index (χ0) is 17.3. The lowest BCUT2D eigenvalue weighted by atomic mass is 10.2. The number of fused-ring (bicyclic) bond motifs is 1. The zero-order valence-electron chi connectivity index (χ0n) is 11.9. The Morgan fingerprint density at radius 2 is 1.79 bits per heavy atom. The normalized spacial score (nSPS) is 11.5. The summed E-state index contributed by atoms with van der Waals surface area (Å²) in [6.07, 6.45) is -1.85. The number of rotatable bonds is 2. The number of alkyl halides is 3. The van der Waals surface area contributed by atoms with Gasteiger partial charge in [0.1, 0.15) is 5.58 Å². The maximum absolute atomic E-state index is 12.6. The summed E-state index contributed by atoms with van der Waals surface area (Å²) >= 11 is 0. The molecule has 122 valence electrons. The van der Waals surface area contributed by atoms with Crippen molar-refractivity contribution in [3.05, 3.63) is 70.3 Å². The van der Waals surface area contributed by atoms with Crippen LogP contribution in [-0.4, -0.2) is 10.9 Å². The number of carbonyl (C=O) groups excluding carboxylic acids is 1. The second-order valence-electron chi connectivity index (χ2n) is 4.87. The van der Waals surface area contributed by atoms with Gasteiger partial charge in [-0.2, -0.15) is 13.2 Å². The van der Waals surface area contributed by atoms with Crippen LogP contribution in [0.2, 0.25) is 0 Å². The summed E-state index contributed by atoms with van der Waals surface area (Å²) < 4.78 is 42.6. The molecule has 2 aromatic heterocycles. The van der Waals surface area contributed by atoms with E-state index in [0.717, 1.165) is 0 Å². The Morgan fingerprint density at radius 1 is 1.08 bits per heavy atom. The molecule has 0 aliphatic carbocycles. The molecule has 3 rings (SSSR count). The zero-order valence-corrected chi connectivity index (χ0v) is 11.9. The van der Waals surface area contributed by atoms with E-state index in [-0.39, 0.29) is 16.7 Å². The van der Waals surface area contributed by atoms with Gasteiger partial charge in [0, 0.05) is 29.7 Å². The summed E-state index contributed by atoms with van der Waals surface area (Å²) in [4.78, 5) is 27.7. The topological polar surface area (TPSA) is 72.2 Å². The van der Waals surface area contributed by atoms with Crippen molar-refractivity contribution in [3.63, 3.8) is 0 Å². The van der Waals surface area contributed by atoms with E-state index in [1.807, 2.05) is 0 Å². The molecule has 1 aromatic carbocycles. The van der Waals surface area contributed by atoms with Gasteiger partial charge in [-0.05, 0) is 30.3 Å². The second kappa shape index (κ2) is 5.80. The van der Waals surface area contributed by atoms with Crippen molar-refractivity contribution in [3.8, 4) is 0 Å². The van der Waals surface area contributed by atoms with E-state index >= 15 is 0 Å². The third-order valence-electron chi connectivity index (χ3n) is 3.21. The molecule has 1 amide bonds. The van der Waals surface area contributed by atoms with E-state index in [1.54, 1.807) is 0 Å². The Bertz CT molecular complexity index is 966. The Labute approximate surface area is 132 Å². The molecule has 0 saturated carbocycles. The molecule has 0 unspecified atom stereocenters. The van der Waals surface area contributed by atoms with Crippen LogP contribution in [0.1, 0.15) is 16.1 Å². The molecule has 0 radical (unpaired) electrons. The Morgan fingerprint density at radius 3 is 2.46 bits per heavy atom. The lowest BCUT2D eigenvalue weighted by Gasteiger charge is -2.08. The van der Waals surface area contributed by atoms with Crippen LogP contribution < -0.4 is 10.7 Å². The molecule has 2 heterocycles. The smallest absolute Gasteiger partial charge is 0.449 e. The number of halogens is 3. The molecular weight excluding hydrogens is 325 g/mol. The fourth-order valence-corrected chi connectivity index (χ4v) is 2.08. The minimum atomic E-state index is -4.75. The number of aromatic nitrogens is 1. The highest BCUT2D eigenvalue weighted by molar-refractivity contribution is 6.04. The van der Waals surface area contributed by atoms with Gasteiger partial charge in [-0.15, -0.1) is 0 Å². The van der Waals surface area contributed by atoms with Gasteiger partial charge < -0.3 is 9.73 Å². The van der Waals surface area contributed by atoms with Crippen molar-refractivity contribution < 1.29 is 22.4 Å². The average Bonchev–Trinajstić information content (AvgIpc) is 2.55. The van der Waals surface area contributed by atoms with Gasteiger partial charge in [-0.1, -0.05) is 0 Å². The molecule has 0 spiro atoms. The maximum atomic E-state index is 12.6. The summed E-state index contributed by atoms with van der Waals surface area (Å²) in [5, 5.41) is 2.49. The minimum Gasteiger partial charge on any atom is -0.451 e. The summed E-state index contributed by atoms with van der Waals surface area (Å²) in [5.74, 6) is -1.80. The first-order valence-electron chi connectivity index (χ1n) is 6.71. The number of carbonyl (C=O) groups is 1. The molecule has 24 heavy (non-hydrogen) atoms. The third-order valence-corrected chi connectivity index (χ3v) is 3.21. The molecule has 5 nitrogen and oxygen atoms in total. The van der Waals surface area contributed by atoms with Crippen molar-refractivity contribution >= 4 is 22.6 Å². The van der Waals surface area contributed by atoms with E-state index < -0.39 is 23.3 Å². The SMILES string of the molecule is O=C(Nc1ccc2oc(C(F)(F)F)cc(=O)c2c1)c1ccncc1. The fourth-order valence-electron chi connectivity index (χ4n) is 2.08. The molecule has 1 N–H and O–H groups in total. The third kappa shape index (κ3) is 3.12. The number of amides is 1. The van der Waals surface area contributed by atoms with Gasteiger partial charge in [0.05, 0.1) is 5.39 Å². The molecule has 3 aromatic rings. The number of anilines is 1. The molecular formula is C16H9F3N2O3. The second-order valence-corrected chi connectivity index (χ2v) is 4.87. The van der Waals surface area contributed by atoms with E-state index in [2.05, 4.69) is 10.3 Å². The van der Waals surface area contributed by atoms with Gasteiger partial charge >= 0.3 is 6.18 Å². The highest BCUT2D eigenvalue weighted by Gasteiger charge is 2.34. The Hall–Kier alpha value is -3.16. The highest BCUT2D eigenvalue weighted by atomic mass is 19.4. The molecule has 0 aliphatic heterocycles. The van der Waals surface area contributed by atoms with Gasteiger partial charge in [-0.3, -0.25) is 14.6 Å². The standard InChI is InChI=1S/C16H9F3N2O3/c17-16(18,19)14-8-12(22)11-7-10(1-2-13(11)24-14)21-15(23)9-3-5-20-6-4-9/h1-8H,(H,21,23). The summed E-state index contributed by atoms with van der Waals surface area (Å²) in [7, 11) is 0. The van der Waals surface area contributed by atoms with Crippen LogP contribution in [-0.2, 0) is 6.18 Å². The molecule has 8 heteroatoms. The van der Waals surface area contributed by atoms with Crippen molar-refractivity contribution in [2.75, 3.05) is 5.32 Å². The predicted molar refractivity (Wildman–Crippen MR) is 79.7 cm³/mol. The van der Waals surface area contributed by atoms with Crippen LogP contribution in [0, 0.1) is 0 Å².